The molecule has 0 saturated carbocycles. The van der Waals surface area contributed by atoms with Crippen LogP contribution in [0.3, 0.4) is 0 Å². The van der Waals surface area contributed by atoms with Crippen LogP contribution in [0.5, 0.6) is 5.75 Å². The normalized spacial score (nSPS) is 11.6. The predicted molar refractivity (Wildman–Crippen MR) is 90.6 cm³/mol. The van der Waals surface area contributed by atoms with Gasteiger partial charge >= 0.3 is 5.97 Å². The summed E-state index contributed by atoms with van der Waals surface area (Å²) in [7, 11) is 0. The number of halogens is 1. The van der Waals surface area contributed by atoms with E-state index in [1.165, 1.54) is 0 Å². The van der Waals surface area contributed by atoms with Crippen molar-refractivity contribution in [1.82, 2.24) is 0 Å². The molecule has 114 valence electrons. The summed E-state index contributed by atoms with van der Waals surface area (Å²) in [5.74, 6) is 0.183. The van der Waals surface area contributed by atoms with E-state index in [9.17, 15) is 4.79 Å². The third-order valence-corrected chi connectivity index (χ3v) is 3.43. The van der Waals surface area contributed by atoms with E-state index in [0.717, 1.165) is 15.6 Å². The molecule has 0 amide bonds. The van der Waals surface area contributed by atoms with Gasteiger partial charge in [-0.05, 0) is 30.7 Å². The van der Waals surface area contributed by atoms with E-state index >= 15 is 0 Å². The van der Waals surface area contributed by atoms with E-state index in [1.54, 1.807) is 13.8 Å². The lowest BCUT2D eigenvalue weighted by atomic mass is 10.1. The van der Waals surface area contributed by atoms with Crippen molar-refractivity contribution < 1.29 is 14.3 Å². The Balaban J connectivity index is 2.24. The Morgan fingerprint density at radius 1 is 1.18 bits per heavy atom. The Bertz CT molecular complexity index is 680. The van der Waals surface area contributed by atoms with Crippen molar-refractivity contribution in [2.75, 3.05) is 0 Å². The zero-order chi connectivity index (χ0) is 16.1. The predicted octanol–water partition coefficient (Wildman–Crippen LogP) is 4.96. The smallest absolute Gasteiger partial charge is 0.336 e. The van der Waals surface area contributed by atoms with Crippen LogP contribution >= 0.6 is 15.9 Å². The maximum atomic E-state index is 11.5. The number of carbonyl (C=O) groups is 1. The number of carbonyl (C=O) groups excluding carboxylic acids is 1. The highest BCUT2D eigenvalue weighted by Gasteiger charge is 2.14. The van der Waals surface area contributed by atoms with E-state index in [2.05, 4.69) is 22.5 Å². The molecule has 0 aliphatic carbocycles. The molecule has 3 nitrogen and oxygen atoms in total. The molecule has 1 unspecified atom stereocenters. The molecular formula is C18H17BrO3. The summed E-state index contributed by atoms with van der Waals surface area (Å²) < 4.78 is 11.9. The third-order valence-electron chi connectivity index (χ3n) is 2.94. The number of hydrogen-bond acceptors (Lipinski definition) is 3. The second kappa shape index (κ2) is 7.27. The van der Waals surface area contributed by atoms with Gasteiger partial charge in [-0.25, -0.2) is 4.79 Å². The summed E-state index contributed by atoms with van der Waals surface area (Å²) in [4.78, 5) is 11.5. The van der Waals surface area contributed by atoms with Gasteiger partial charge in [0.2, 0.25) is 6.29 Å². The van der Waals surface area contributed by atoms with Gasteiger partial charge in [-0.2, -0.15) is 0 Å². The first-order valence-electron chi connectivity index (χ1n) is 6.85. The van der Waals surface area contributed by atoms with Gasteiger partial charge < -0.3 is 9.47 Å². The number of rotatable bonds is 5. The standard InChI is InChI=1S/C18H17BrO3/c1-12(2)18(20)22-13(3)21-17-10-9-15(19)11-16(17)14-7-5-4-6-8-14/h4-11,13H,1H2,2-3H3. The SMILES string of the molecule is C=C(C)C(=O)OC(C)Oc1ccc(Br)cc1-c1ccccc1. The first-order valence-corrected chi connectivity index (χ1v) is 7.65. The van der Waals surface area contributed by atoms with Gasteiger partial charge in [0.15, 0.2) is 0 Å². The number of benzene rings is 2. The highest BCUT2D eigenvalue weighted by atomic mass is 79.9. The molecule has 0 heterocycles. The Morgan fingerprint density at radius 2 is 1.86 bits per heavy atom. The fraction of sp³-hybridized carbons (Fsp3) is 0.167. The number of ether oxygens (including phenoxy) is 2. The zero-order valence-electron chi connectivity index (χ0n) is 12.5. The maximum absolute atomic E-state index is 11.5. The minimum Gasteiger partial charge on any atom is -0.454 e. The molecule has 0 radical (unpaired) electrons. The number of esters is 1. The Kier molecular flexibility index (Phi) is 5.39. The van der Waals surface area contributed by atoms with Crippen molar-refractivity contribution in [3.05, 3.63) is 65.2 Å². The Hall–Kier alpha value is -2.07. The molecule has 0 spiro atoms. The second-order valence-electron chi connectivity index (χ2n) is 4.88. The fourth-order valence-corrected chi connectivity index (χ4v) is 2.26. The van der Waals surface area contributed by atoms with Gasteiger partial charge in [-0.1, -0.05) is 52.8 Å². The van der Waals surface area contributed by atoms with E-state index in [0.29, 0.717) is 11.3 Å². The molecule has 0 saturated heterocycles. The molecule has 0 bridgehead atoms. The summed E-state index contributed by atoms with van der Waals surface area (Å²) in [6.07, 6.45) is -0.701. The average molecular weight is 361 g/mol. The Labute approximate surface area is 138 Å². The summed E-state index contributed by atoms with van der Waals surface area (Å²) in [5.41, 5.74) is 2.29. The minimum atomic E-state index is -0.701. The van der Waals surface area contributed by atoms with Crippen molar-refractivity contribution in [2.45, 2.75) is 20.1 Å². The van der Waals surface area contributed by atoms with Gasteiger partial charge in [-0.15, -0.1) is 0 Å². The van der Waals surface area contributed by atoms with Crippen molar-refractivity contribution in [3.63, 3.8) is 0 Å². The molecule has 0 aliphatic heterocycles. The van der Waals surface area contributed by atoms with Crippen LogP contribution < -0.4 is 4.74 Å². The van der Waals surface area contributed by atoms with Crippen molar-refractivity contribution in [2.24, 2.45) is 0 Å². The summed E-state index contributed by atoms with van der Waals surface area (Å²) >= 11 is 3.47. The topological polar surface area (TPSA) is 35.5 Å². The molecule has 22 heavy (non-hydrogen) atoms. The monoisotopic (exact) mass is 360 g/mol. The van der Waals surface area contributed by atoms with Gasteiger partial charge in [0.1, 0.15) is 5.75 Å². The van der Waals surface area contributed by atoms with Crippen LogP contribution in [0.15, 0.2) is 65.2 Å². The summed E-state index contributed by atoms with van der Waals surface area (Å²) in [6, 6.07) is 15.6. The molecule has 0 N–H and O–H groups in total. The lowest BCUT2D eigenvalue weighted by molar-refractivity contribution is -0.156. The van der Waals surface area contributed by atoms with E-state index in [-0.39, 0.29) is 0 Å². The minimum absolute atomic E-state index is 0.342. The molecule has 4 heteroatoms. The lowest BCUT2D eigenvalue weighted by Gasteiger charge is -2.18. The summed E-state index contributed by atoms with van der Waals surface area (Å²) in [6.45, 7) is 6.84. The van der Waals surface area contributed by atoms with Crippen LogP contribution in [-0.2, 0) is 9.53 Å². The molecule has 2 aromatic carbocycles. The van der Waals surface area contributed by atoms with Gasteiger partial charge in [-0.3, -0.25) is 0 Å². The van der Waals surface area contributed by atoms with Crippen molar-refractivity contribution in [3.8, 4) is 16.9 Å². The van der Waals surface area contributed by atoms with Gasteiger partial charge in [0, 0.05) is 22.5 Å². The fourth-order valence-electron chi connectivity index (χ4n) is 1.90. The van der Waals surface area contributed by atoms with Crippen LogP contribution in [0.1, 0.15) is 13.8 Å². The first-order chi connectivity index (χ1) is 10.5. The molecule has 2 rings (SSSR count). The van der Waals surface area contributed by atoms with Crippen LogP contribution in [0, 0.1) is 0 Å². The molecule has 1 atom stereocenters. The van der Waals surface area contributed by atoms with E-state index in [4.69, 9.17) is 9.47 Å². The van der Waals surface area contributed by atoms with Crippen LogP contribution in [0.2, 0.25) is 0 Å². The van der Waals surface area contributed by atoms with E-state index < -0.39 is 12.3 Å². The highest BCUT2D eigenvalue weighted by Crippen LogP contribution is 2.33. The molecule has 0 aromatic heterocycles. The first kappa shape index (κ1) is 16.3. The molecule has 0 fully saturated rings. The van der Waals surface area contributed by atoms with E-state index in [1.807, 2.05) is 48.5 Å². The lowest BCUT2D eigenvalue weighted by Crippen LogP contribution is -2.21. The quantitative estimate of drug-likeness (QED) is 0.429. The second-order valence-corrected chi connectivity index (χ2v) is 5.79. The zero-order valence-corrected chi connectivity index (χ0v) is 14.1. The number of hydrogen-bond donors (Lipinski definition) is 0. The molecule has 0 aliphatic rings. The third kappa shape index (κ3) is 4.21. The highest BCUT2D eigenvalue weighted by molar-refractivity contribution is 9.10. The Morgan fingerprint density at radius 3 is 2.50 bits per heavy atom. The summed E-state index contributed by atoms with van der Waals surface area (Å²) in [5, 5.41) is 0. The average Bonchev–Trinajstić information content (AvgIpc) is 2.49. The van der Waals surface area contributed by atoms with Crippen LogP contribution in [-0.4, -0.2) is 12.3 Å². The van der Waals surface area contributed by atoms with Gasteiger partial charge in [0.05, 0.1) is 0 Å². The largest absolute Gasteiger partial charge is 0.454 e. The maximum Gasteiger partial charge on any atom is 0.336 e. The van der Waals surface area contributed by atoms with Crippen molar-refractivity contribution in [1.29, 1.82) is 0 Å². The van der Waals surface area contributed by atoms with Gasteiger partial charge in [0.25, 0.3) is 0 Å². The molecule has 2 aromatic rings. The van der Waals surface area contributed by atoms with Crippen LogP contribution in [0.25, 0.3) is 11.1 Å². The molecular weight excluding hydrogens is 344 g/mol. The van der Waals surface area contributed by atoms with Crippen molar-refractivity contribution >= 4 is 21.9 Å². The van der Waals surface area contributed by atoms with Crippen LogP contribution in [0.4, 0.5) is 0 Å².